The molecule has 1 fully saturated rings. The lowest BCUT2D eigenvalue weighted by Gasteiger charge is -2.42. The van der Waals surface area contributed by atoms with E-state index in [9.17, 15) is 9.90 Å². The topological polar surface area (TPSA) is 84.4 Å². The molecule has 5 rings (SSSR count). The molecule has 36 heavy (non-hydrogen) atoms. The molecule has 3 aromatic rings. The van der Waals surface area contributed by atoms with Gasteiger partial charge in [-0.2, -0.15) is 0 Å². The zero-order chi connectivity index (χ0) is 25.6. The van der Waals surface area contributed by atoms with Crippen molar-refractivity contribution in [2.45, 2.75) is 45.3 Å². The van der Waals surface area contributed by atoms with Gasteiger partial charge >= 0.3 is 0 Å². The lowest BCUT2D eigenvalue weighted by Crippen LogP contribution is -2.45. The number of piperidine rings is 1. The van der Waals surface area contributed by atoms with Gasteiger partial charge in [0, 0.05) is 30.8 Å². The maximum atomic E-state index is 13.1. The van der Waals surface area contributed by atoms with E-state index >= 15 is 0 Å². The summed E-state index contributed by atoms with van der Waals surface area (Å²) in [6.07, 6.45) is 2.08. The van der Waals surface area contributed by atoms with Crippen molar-refractivity contribution in [2.75, 3.05) is 18.0 Å². The third kappa shape index (κ3) is 4.42. The van der Waals surface area contributed by atoms with E-state index < -0.39 is 6.10 Å². The largest absolute Gasteiger partial charge is 0.381 e. The van der Waals surface area contributed by atoms with Gasteiger partial charge in [0.05, 0.1) is 15.7 Å². The van der Waals surface area contributed by atoms with E-state index in [4.69, 9.17) is 33.9 Å². The van der Waals surface area contributed by atoms with Crippen LogP contribution in [0.1, 0.15) is 48.3 Å². The zero-order valence-corrected chi connectivity index (χ0v) is 21.8. The van der Waals surface area contributed by atoms with Crippen LogP contribution in [0, 0.1) is 24.2 Å². The second kappa shape index (κ2) is 9.57. The summed E-state index contributed by atoms with van der Waals surface area (Å²) in [5, 5.41) is 10.2. The summed E-state index contributed by atoms with van der Waals surface area (Å²) >= 11 is 12.5. The van der Waals surface area contributed by atoms with Crippen LogP contribution in [0.5, 0.6) is 0 Å². The van der Waals surface area contributed by atoms with Gasteiger partial charge in [0.1, 0.15) is 17.7 Å². The van der Waals surface area contributed by atoms with Gasteiger partial charge in [0.15, 0.2) is 0 Å². The molecule has 6 nitrogen and oxygen atoms in total. The number of nitrogens with zero attached hydrogens (tertiary/aromatic N) is 3. The van der Waals surface area contributed by atoms with E-state index in [1.54, 1.807) is 38.1 Å². The number of halogens is 2. The summed E-state index contributed by atoms with van der Waals surface area (Å²) in [5.74, 6) is 7.05. The molecule has 2 aromatic carbocycles. The molecule has 186 valence electrons. The average Bonchev–Trinajstić information content (AvgIpc) is 3.11. The van der Waals surface area contributed by atoms with Crippen molar-refractivity contribution in [2.24, 2.45) is 11.1 Å². The highest BCUT2D eigenvalue weighted by molar-refractivity contribution is 6.43. The minimum Gasteiger partial charge on any atom is -0.381 e. The number of fused-ring (bicyclic) bond motifs is 1. The maximum absolute atomic E-state index is 13.1. The number of benzene rings is 2. The molecule has 1 saturated heterocycles. The molecular formula is C28H28Cl2N4O2. The summed E-state index contributed by atoms with van der Waals surface area (Å²) in [7, 11) is 0. The molecule has 0 saturated carbocycles. The van der Waals surface area contributed by atoms with Gasteiger partial charge < -0.3 is 15.7 Å². The third-order valence-electron chi connectivity index (χ3n) is 7.44. The second-order valence-corrected chi connectivity index (χ2v) is 10.6. The van der Waals surface area contributed by atoms with E-state index in [1.165, 1.54) is 10.1 Å². The SMILES string of the molecule is Cc1nc(N2CCC3(CC2)Cc2ccc(C#C[C@H](C)O)cc2[C@H]3N)cc(=O)n1-c1cccc(Cl)c1Cl. The van der Waals surface area contributed by atoms with E-state index in [1.807, 2.05) is 6.07 Å². The van der Waals surface area contributed by atoms with Crippen LogP contribution in [0.25, 0.3) is 5.69 Å². The number of aryl methyl sites for hydroxylation is 1. The van der Waals surface area contributed by atoms with Gasteiger partial charge in [0.25, 0.3) is 5.56 Å². The van der Waals surface area contributed by atoms with Crippen LogP contribution in [0.2, 0.25) is 10.0 Å². The van der Waals surface area contributed by atoms with E-state index in [0.717, 1.165) is 43.5 Å². The molecule has 2 atom stereocenters. The van der Waals surface area contributed by atoms with Crippen molar-refractivity contribution in [3.63, 3.8) is 0 Å². The molecule has 1 aliphatic carbocycles. The average molecular weight is 523 g/mol. The highest BCUT2D eigenvalue weighted by Gasteiger charge is 2.46. The van der Waals surface area contributed by atoms with Crippen LogP contribution >= 0.6 is 23.2 Å². The fourth-order valence-electron chi connectivity index (χ4n) is 5.50. The number of anilines is 1. The first-order chi connectivity index (χ1) is 17.2. The Morgan fingerprint density at radius 3 is 2.64 bits per heavy atom. The monoisotopic (exact) mass is 522 g/mol. The van der Waals surface area contributed by atoms with Gasteiger partial charge in [-0.3, -0.25) is 9.36 Å². The lowest BCUT2D eigenvalue weighted by molar-refractivity contribution is 0.187. The number of nitrogens with two attached hydrogens (primary N) is 1. The molecule has 2 heterocycles. The molecule has 3 N–H and O–H groups in total. The minimum absolute atomic E-state index is 0.0203. The van der Waals surface area contributed by atoms with E-state index in [2.05, 4.69) is 28.9 Å². The molecule has 0 unspecified atom stereocenters. The normalized spacial score (nSPS) is 19.1. The summed E-state index contributed by atoms with van der Waals surface area (Å²) in [6.45, 7) is 4.99. The Morgan fingerprint density at radius 2 is 1.94 bits per heavy atom. The number of hydrogen-bond acceptors (Lipinski definition) is 5. The van der Waals surface area contributed by atoms with Crippen LogP contribution in [0.3, 0.4) is 0 Å². The van der Waals surface area contributed by atoms with Crippen molar-refractivity contribution >= 4 is 29.0 Å². The highest BCUT2D eigenvalue weighted by Crippen LogP contribution is 2.51. The number of rotatable bonds is 2. The number of aliphatic hydroxyl groups excluding tert-OH is 1. The predicted molar refractivity (Wildman–Crippen MR) is 144 cm³/mol. The predicted octanol–water partition coefficient (Wildman–Crippen LogP) is 4.42. The fraction of sp³-hybridized carbons (Fsp3) is 0.357. The first kappa shape index (κ1) is 24.9. The fourth-order valence-corrected chi connectivity index (χ4v) is 5.88. The molecule has 2 aliphatic rings. The van der Waals surface area contributed by atoms with Crippen LogP contribution < -0.4 is 16.2 Å². The van der Waals surface area contributed by atoms with Gasteiger partial charge in [-0.25, -0.2) is 4.98 Å². The van der Waals surface area contributed by atoms with Crippen molar-refractivity contribution in [1.29, 1.82) is 0 Å². The quantitative estimate of drug-likeness (QED) is 0.486. The lowest BCUT2D eigenvalue weighted by atomic mass is 9.73. The van der Waals surface area contributed by atoms with Gasteiger partial charge in [-0.15, -0.1) is 0 Å². The molecule has 1 aromatic heterocycles. The van der Waals surface area contributed by atoms with Crippen LogP contribution in [-0.4, -0.2) is 33.9 Å². The van der Waals surface area contributed by atoms with Gasteiger partial charge in [0.2, 0.25) is 0 Å². The standard InChI is InChI=1S/C28H28Cl2N4O2/c1-17(35)6-7-19-8-9-20-16-28(27(31)21(20)14-19)10-12-33(13-11-28)24-15-25(36)34(18(2)32-24)23-5-3-4-22(29)26(23)30/h3-5,8-9,14-15,17,27,35H,10-13,16,31H2,1-2H3/t17-,27+/m0/s1. The van der Waals surface area contributed by atoms with E-state index in [0.29, 0.717) is 27.4 Å². The third-order valence-corrected chi connectivity index (χ3v) is 8.25. The maximum Gasteiger partial charge on any atom is 0.260 e. The van der Waals surface area contributed by atoms with Crippen molar-refractivity contribution in [3.8, 4) is 17.5 Å². The Morgan fingerprint density at radius 1 is 1.19 bits per heavy atom. The molecule has 8 heteroatoms. The highest BCUT2D eigenvalue weighted by atomic mass is 35.5. The van der Waals surface area contributed by atoms with Crippen molar-refractivity contribution in [3.05, 3.63) is 85.4 Å². The summed E-state index contributed by atoms with van der Waals surface area (Å²) in [4.78, 5) is 20.0. The molecule has 0 radical (unpaired) electrons. The molecule has 1 aliphatic heterocycles. The molecular weight excluding hydrogens is 495 g/mol. The summed E-state index contributed by atoms with van der Waals surface area (Å²) < 4.78 is 1.49. The number of hydrogen-bond donors (Lipinski definition) is 2. The second-order valence-electron chi connectivity index (χ2n) is 9.77. The van der Waals surface area contributed by atoms with Crippen LogP contribution in [0.4, 0.5) is 5.82 Å². The van der Waals surface area contributed by atoms with Crippen LogP contribution in [0.15, 0.2) is 47.3 Å². The molecule has 1 spiro atoms. The smallest absolute Gasteiger partial charge is 0.260 e. The minimum atomic E-state index is -0.663. The van der Waals surface area contributed by atoms with Crippen molar-refractivity contribution < 1.29 is 5.11 Å². The zero-order valence-electron chi connectivity index (χ0n) is 20.3. The first-order valence-corrected chi connectivity index (χ1v) is 12.8. The molecule has 0 bridgehead atoms. The number of aliphatic hydroxyl groups is 1. The van der Waals surface area contributed by atoms with Gasteiger partial charge in [-0.1, -0.05) is 47.2 Å². The van der Waals surface area contributed by atoms with Crippen LogP contribution in [-0.2, 0) is 6.42 Å². The Hall–Kier alpha value is -2.82. The molecule has 0 amide bonds. The first-order valence-electron chi connectivity index (χ1n) is 12.1. The Balaban J connectivity index is 1.35. The van der Waals surface area contributed by atoms with E-state index in [-0.39, 0.29) is 17.0 Å². The summed E-state index contributed by atoms with van der Waals surface area (Å²) in [6, 6.07) is 12.9. The Kier molecular flexibility index (Phi) is 6.61. The van der Waals surface area contributed by atoms with Crippen molar-refractivity contribution in [1.82, 2.24) is 9.55 Å². The summed E-state index contributed by atoms with van der Waals surface area (Å²) in [5.41, 5.74) is 10.4. The Labute approximate surface area is 220 Å². The van der Waals surface area contributed by atoms with Gasteiger partial charge in [-0.05, 0) is 73.9 Å². The Bertz CT molecular complexity index is 1450. The number of aromatic nitrogens is 2.